The minimum absolute atomic E-state index is 0.135. The van der Waals surface area contributed by atoms with Crippen LogP contribution in [0.25, 0.3) is 5.82 Å². The molecule has 0 fully saturated rings. The number of carbonyl (C=O) groups is 1. The van der Waals surface area contributed by atoms with Gasteiger partial charge in [0, 0.05) is 23.5 Å². The van der Waals surface area contributed by atoms with Gasteiger partial charge in [0.2, 0.25) is 0 Å². The summed E-state index contributed by atoms with van der Waals surface area (Å²) in [5, 5.41) is 7.01. The van der Waals surface area contributed by atoms with Crippen LogP contribution in [-0.2, 0) is 0 Å². The summed E-state index contributed by atoms with van der Waals surface area (Å²) in [5.74, 6) is 0.462. The number of amides is 1. The predicted octanol–water partition coefficient (Wildman–Crippen LogP) is 2.89. The molecule has 0 spiro atoms. The molecule has 0 radical (unpaired) electrons. The standard InChI is InChI=1S/C14H12N4OS/c1-10-5-6-12(20-10)14(19)17-11-4-2-7-15-13(11)18-9-3-8-16-18/h2-9H,1H3,(H,17,19). The van der Waals surface area contributed by atoms with Gasteiger partial charge in [0.05, 0.1) is 10.6 Å². The summed E-state index contributed by atoms with van der Waals surface area (Å²) >= 11 is 1.46. The Morgan fingerprint density at radius 3 is 2.85 bits per heavy atom. The average Bonchev–Trinajstić information content (AvgIpc) is 3.10. The number of pyridine rings is 1. The molecule has 0 saturated heterocycles. The maximum atomic E-state index is 12.2. The van der Waals surface area contributed by atoms with Crippen molar-refractivity contribution >= 4 is 22.9 Å². The first-order valence-corrected chi connectivity index (χ1v) is 6.88. The van der Waals surface area contributed by atoms with Crippen molar-refractivity contribution in [2.75, 3.05) is 5.32 Å². The average molecular weight is 284 g/mol. The van der Waals surface area contributed by atoms with Gasteiger partial charge < -0.3 is 5.32 Å². The van der Waals surface area contributed by atoms with Crippen molar-refractivity contribution < 1.29 is 4.79 Å². The van der Waals surface area contributed by atoms with Gasteiger partial charge in [0.1, 0.15) is 0 Å². The Balaban J connectivity index is 1.90. The number of aromatic nitrogens is 3. The molecule has 3 heterocycles. The minimum atomic E-state index is -0.135. The number of anilines is 1. The third-order valence-electron chi connectivity index (χ3n) is 2.72. The van der Waals surface area contributed by atoms with Crippen molar-refractivity contribution in [3.8, 4) is 5.82 Å². The first-order valence-electron chi connectivity index (χ1n) is 6.07. The van der Waals surface area contributed by atoms with Crippen LogP contribution in [0, 0.1) is 6.92 Å². The normalized spacial score (nSPS) is 10.4. The van der Waals surface area contributed by atoms with Crippen LogP contribution in [0.1, 0.15) is 14.5 Å². The molecular weight excluding hydrogens is 272 g/mol. The van der Waals surface area contributed by atoms with Crippen molar-refractivity contribution in [3.63, 3.8) is 0 Å². The van der Waals surface area contributed by atoms with E-state index in [1.807, 2.05) is 31.2 Å². The number of hydrogen-bond donors (Lipinski definition) is 1. The highest BCUT2D eigenvalue weighted by atomic mass is 32.1. The summed E-state index contributed by atoms with van der Waals surface area (Å²) in [5.41, 5.74) is 0.632. The summed E-state index contributed by atoms with van der Waals surface area (Å²) in [7, 11) is 0. The quantitative estimate of drug-likeness (QED) is 0.804. The number of nitrogens with zero attached hydrogens (tertiary/aromatic N) is 3. The van der Waals surface area contributed by atoms with E-state index in [9.17, 15) is 4.79 Å². The molecule has 5 nitrogen and oxygen atoms in total. The summed E-state index contributed by atoms with van der Waals surface area (Å²) in [4.78, 5) is 18.2. The molecule has 6 heteroatoms. The zero-order chi connectivity index (χ0) is 13.9. The Labute approximate surface area is 119 Å². The first kappa shape index (κ1) is 12.6. The van der Waals surface area contributed by atoms with Crippen LogP contribution < -0.4 is 5.32 Å². The van der Waals surface area contributed by atoms with Gasteiger partial charge >= 0.3 is 0 Å². The van der Waals surface area contributed by atoms with Gasteiger partial charge in [-0.2, -0.15) is 5.10 Å². The molecule has 0 aliphatic rings. The lowest BCUT2D eigenvalue weighted by molar-refractivity contribution is 0.103. The molecule has 3 aromatic rings. The molecule has 1 amide bonds. The second-order valence-electron chi connectivity index (χ2n) is 4.19. The summed E-state index contributed by atoms with van der Waals surface area (Å²) in [6, 6.07) is 9.14. The molecule has 0 aliphatic heterocycles. The largest absolute Gasteiger partial charge is 0.318 e. The molecule has 0 atom stereocenters. The zero-order valence-electron chi connectivity index (χ0n) is 10.8. The molecular formula is C14H12N4OS. The third-order valence-corrected chi connectivity index (χ3v) is 3.72. The number of thiophene rings is 1. The van der Waals surface area contributed by atoms with Gasteiger partial charge in [-0.1, -0.05) is 0 Å². The SMILES string of the molecule is Cc1ccc(C(=O)Nc2cccnc2-n2cccn2)s1. The second kappa shape index (κ2) is 5.26. The fourth-order valence-electron chi connectivity index (χ4n) is 1.81. The minimum Gasteiger partial charge on any atom is -0.318 e. The molecule has 0 saturated carbocycles. The van der Waals surface area contributed by atoms with E-state index in [0.29, 0.717) is 16.4 Å². The van der Waals surface area contributed by atoms with Crippen molar-refractivity contribution in [2.45, 2.75) is 6.92 Å². The predicted molar refractivity (Wildman–Crippen MR) is 78.4 cm³/mol. The van der Waals surface area contributed by atoms with Crippen LogP contribution >= 0.6 is 11.3 Å². The molecule has 0 aliphatic carbocycles. The van der Waals surface area contributed by atoms with E-state index in [1.165, 1.54) is 11.3 Å². The summed E-state index contributed by atoms with van der Waals surface area (Å²) in [6.07, 6.45) is 5.12. The van der Waals surface area contributed by atoms with Crippen molar-refractivity contribution in [3.05, 3.63) is 58.7 Å². The molecule has 0 bridgehead atoms. The molecule has 0 aromatic carbocycles. The lowest BCUT2D eigenvalue weighted by Gasteiger charge is -2.09. The fraction of sp³-hybridized carbons (Fsp3) is 0.0714. The summed E-state index contributed by atoms with van der Waals surface area (Å²) in [6.45, 7) is 1.97. The van der Waals surface area contributed by atoms with E-state index in [2.05, 4.69) is 15.4 Å². The van der Waals surface area contributed by atoms with E-state index in [-0.39, 0.29) is 5.91 Å². The fourth-order valence-corrected chi connectivity index (χ4v) is 2.57. The van der Waals surface area contributed by atoms with Crippen molar-refractivity contribution in [1.29, 1.82) is 0 Å². The maximum absolute atomic E-state index is 12.2. The van der Waals surface area contributed by atoms with Crippen molar-refractivity contribution in [1.82, 2.24) is 14.8 Å². The number of aryl methyl sites for hydroxylation is 1. The Kier molecular flexibility index (Phi) is 3.30. The second-order valence-corrected chi connectivity index (χ2v) is 5.48. The molecule has 100 valence electrons. The van der Waals surface area contributed by atoms with Gasteiger partial charge in [-0.15, -0.1) is 11.3 Å². The van der Waals surface area contributed by atoms with Gasteiger partial charge in [-0.3, -0.25) is 4.79 Å². The van der Waals surface area contributed by atoms with E-state index >= 15 is 0 Å². The topological polar surface area (TPSA) is 59.8 Å². The van der Waals surface area contributed by atoms with E-state index < -0.39 is 0 Å². The molecule has 20 heavy (non-hydrogen) atoms. The Morgan fingerprint density at radius 2 is 2.15 bits per heavy atom. The molecule has 1 N–H and O–H groups in total. The highest BCUT2D eigenvalue weighted by molar-refractivity contribution is 7.14. The highest BCUT2D eigenvalue weighted by Gasteiger charge is 2.12. The molecule has 3 rings (SSSR count). The first-order chi connectivity index (χ1) is 9.74. The number of carbonyl (C=O) groups excluding carboxylic acids is 1. The molecule has 3 aromatic heterocycles. The monoisotopic (exact) mass is 284 g/mol. The number of rotatable bonds is 3. The van der Waals surface area contributed by atoms with Gasteiger partial charge in [-0.05, 0) is 37.3 Å². The van der Waals surface area contributed by atoms with Crippen LogP contribution in [-0.4, -0.2) is 20.7 Å². The van der Waals surface area contributed by atoms with Gasteiger partial charge in [0.15, 0.2) is 5.82 Å². The summed E-state index contributed by atoms with van der Waals surface area (Å²) < 4.78 is 1.62. The van der Waals surface area contributed by atoms with Crippen LogP contribution in [0.4, 0.5) is 5.69 Å². The lowest BCUT2D eigenvalue weighted by Crippen LogP contribution is -2.13. The third kappa shape index (κ3) is 2.46. The number of nitrogens with one attached hydrogen (secondary N) is 1. The number of hydrogen-bond acceptors (Lipinski definition) is 4. The Morgan fingerprint density at radius 1 is 1.25 bits per heavy atom. The Bertz CT molecular complexity index is 733. The van der Waals surface area contributed by atoms with Gasteiger partial charge in [0.25, 0.3) is 5.91 Å². The van der Waals surface area contributed by atoms with Crippen LogP contribution in [0.3, 0.4) is 0 Å². The van der Waals surface area contributed by atoms with E-state index in [0.717, 1.165) is 4.88 Å². The van der Waals surface area contributed by atoms with E-state index in [4.69, 9.17) is 0 Å². The lowest BCUT2D eigenvalue weighted by atomic mass is 10.3. The van der Waals surface area contributed by atoms with Crippen LogP contribution in [0.2, 0.25) is 0 Å². The smallest absolute Gasteiger partial charge is 0.265 e. The van der Waals surface area contributed by atoms with Crippen LogP contribution in [0.15, 0.2) is 48.9 Å². The molecule has 0 unspecified atom stereocenters. The van der Waals surface area contributed by atoms with Gasteiger partial charge in [-0.25, -0.2) is 9.67 Å². The maximum Gasteiger partial charge on any atom is 0.265 e. The van der Waals surface area contributed by atoms with E-state index in [1.54, 1.807) is 29.3 Å². The Hall–Kier alpha value is -2.47. The van der Waals surface area contributed by atoms with Crippen molar-refractivity contribution in [2.24, 2.45) is 0 Å². The van der Waals surface area contributed by atoms with Crippen LogP contribution in [0.5, 0.6) is 0 Å². The highest BCUT2D eigenvalue weighted by Crippen LogP contribution is 2.20. The zero-order valence-corrected chi connectivity index (χ0v) is 11.6.